The average Bonchev–Trinajstić information content (AvgIpc) is 2.50. The number of fused-ring (bicyclic) bond motifs is 1. The number of methoxy groups -OCH3 is 1. The SMILES string of the molecule is C=C(C)N(NOC)c1ccc(OC)c2nc(C(F)(F)F)ccc12. The molecule has 8 heteroatoms. The Kier molecular flexibility index (Phi) is 4.76. The maximum absolute atomic E-state index is 12.9. The fraction of sp³-hybridized carbons (Fsp3) is 0.267. The van der Waals surface area contributed by atoms with E-state index in [-0.39, 0.29) is 11.3 Å². The van der Waals surface area contributed by atoms with Crippen molar-refractivity contribution in [1.29, 1.82) is 0 Å². The van der Waals surface area contributed by atoms with Crippen LogP contribution in [0.15, 0.2) is 36.5 Å². The van der Waals surface area contributed by atoms with Crippen molar-refractivity contribution in [2.24, 2.45) is 0 Å². The topological polar surface area (TPSA) is 46.6 Å². The summed E-state index contributed by atoms with van der Waals surface area (Å²) in [5, 5.41) is 1.96. The van der Waals surface area contributed by atoms with Gasteiger partial charge in [-0.25, -0.2) is 4.98 Å². The lowest BCUT2D eigenvalue weighted by Gasteiger charge is -2.25. The second-order valence-electron chi connectivity index (χ2n) is 4.74. The zero-order valence-corrected chi connectivity index (χ0v) is 12.9. The fourth-order valence-corrected chi connectivity index (χ4v) is 2.12. The van der Waals surface area contributed by atoms with E-state index < -0.39 is 11.9 Å². The first-order chi connectivity index (χ1) is 10.8. The van der Waals surface area contributed by atoms with Crippen LogP contribution in [0.4, 0.5) is 18.9 Å². The Morgan fingerprint density at radius 3 is 2.43 bits per heavy atom. The van der Waals surface area contributed by atoms with E-state index in [1.54, 1.807) is 13.0 Å². The maximum Gasteiger partial charge on any atom is 0.433 e. The van der Waals surface area contributed by atoms with Crippen molar-refractivity contribution < 1.29 is 22.7 Å². The Morgan fingerprint density at radius 1 is 1.22 bits per heavy atom. The molecule has 0 aliphatic carbocycles. The van der Waals surface area contributed by atoms with Gasteiger partial charge in [0.1, 0.15) is 17.0 Å². The summed E-state index contributed by atoms with van der Waals surface area (Å²) in [4.78, 5) is 8.59. The Bertz CT molecular complexity index is 732. The number of hydrogen-bond acceptors (Lipinski definition) is 5. The minimum Gasteiger partial charge on any atom is -0.494 e. The number of ether oxygens (including phenoxy) is 1. The fourth-order valence-electron chi connectivity index (χ4n) is 2.12. The number of anilines is 1. The van der Waals surface area contributed by atoms with Crippen molar-refractivity contribution in [3.8, 4) is 5.75 Å². The summed E-state index contributed by atoms with van der Waals surface area (Å²) in [6.07, 6.45) is -4.53. The van der Waals surface area contributed by atoms with E-state index in [1.807, 2.05) is 0 Å². The third-order valence-corrected chi connectivity index (χ3v) is 3.11. The van der Waals surface area contributed by atoms with Gasteiger partial charge in [0.25, 0.3) is 0 Å². The molecule has 2 aromatic rings. The van der Waals surface area contributed by atoms with Crippen molar-refractivity contribution in [3.63, 3.8) is 0 Å². The molecule has 0 saturated heterocycles. The van der Waals surface area contributed by atoms with Crippen LogP contribution in [0.1, 0.15) is 12.6 Å². The summed E-state index contributed by atoms with van der Waals surface area (Å²) in [7, 11) is 2.79. The largest absolute Gasteiger partial charge is 0.494 e. The highest BCUT2D eigenvalue weighted by molar-refractivity contribution is 5.96. The van der Waals surface area contributed by atoms with Gasteiger partial charge in [0.2, 0.25) is 0 Å². The first-order valence-electron chi connectivity index (χ1n) is 6.58. The number of aromatic nitrogens is 1. The molecule has 124 valence electrons. The number of rotatable bonds is 5. The van der Waals surface area contributed by atoms with Gasteiger partial charge in [0, 0.05) is 11.1 Å². The molecule has 1 heterocycles. The number of nitrogens with one attached hydrogen (secondary N) is 1. The third kappa shape index (κ3) is 3.38. The van der Waals surface area contributed by atoms with Gasteiger partial charge in [-0.3, -0.25) is 9.85 Å². The maximum atomic E-state index is 12.9. The zero-order valence-electron chi connectivity index (χ0n) is 12.9. The van der Waals surface area contributed by atoms with E-state index in [9.17, 15) is 13.2 Å². The van der Waals surface area contributed by atoms with Crippen LogP contribution in [0.2, 0.25) is 0 Å². The summed E-state index contributed by atoms with van der Waals surface area (Å²) in [6.45, 7) is 5.53. The zero-order chi connectivity index (χ0) is 17.2. The van der Waals surface area contributed by atoms with Gasteiger partial charge in [0.15, 0.2) is 0 Å². The number of benzene rings is 1. The molecule has 0 bridgehead atoms. The molecule has 1 N–H and O–H groups in total. The van der Waals surface area contributed by atoms with Gasteiger partial charge in [-0.15, -0.1) is 5.59 Å². The van der Waals surface area contributed by atoms with Gasteiger partial charge >= 0.3 is 6.18 Å². The molecule has 0 spiro atoms. The Morgan fingerprint density at radius 2 is 1.91 bits per heavy atom. The van der Waals surface area contributed by atoms with Crippen LogP contribution in [-0.2, 0) is 11.0 Å². The molecule has 0 aliphatic heterocycles. The highest BCUT2D eigenvalue weighted by Crippen LogP contribution is 2.36. The van der Waals surface area contributed by atoms with Crippen LogP contribution >= 0.6 is 0 Å². The van der Waals surface area contributed by atoms with Gasteiger partial charge in [0.05, 0.1) is 19.9 Å². The molecule has 1 aromatic heterocycles. The molecule has 0 aliphatic rings. The number of nitrogens with zero attached hydrogens (tertiary/aromatic N) is 2. The van der Waals surface area contributed by atoms with E-state index in [0.717, 1.165) is 6.07 Å². The molecular weight excluding hydrogens is 311 g/mol. The summed E-state index contributed by atoms with van der Waals surface area (Å²) >= 11 is 0. The third-order valence-electron chi connectivity index (χ3n) is 3.11. The summed E-state index contributed by atoms with van der Waals surface area (Å²) in [5.41, 5.74) is 2.85. The summed E-state index contributed by atoms with van der Waals surface area (Å²) < 4.78 is 43.8. The Hall–Kier alpha value is -2.32. The van der Waals surface area contributed by atoms with Gasteiger partial charge in [-0.05, 0) is 31.2 Å². The van der Waals surface area contributed by atoms with Crippen molar-refractivity contribution >= 4 is 16.6 Å². The molecule has 0 amide bonds. The predicted octanol–water partition coefficient (Wildman–Crippen LogP) is 3.67. The van der Waals surface area contributed by atoms with Crippen molar-refractivity contribution in [3.05, 3.63) is 42.2 Å². The number of hydrogen-bond donors (Lipinski definition) is 1. The Labute approximate surface area is 131 Å². The van der Waals surface area contributed by atoms with Gasteiger partial charge in [-0.1, -0.05) is 6.58 Å². The summed E-state index contributed by atoms with van der Waals surface area (Å²) in [6, 6.07) is 5.49. The molecule has 1 aromatic carbocycles. The van der Waals surface area contributed by atoms with Crippen LogP contribution in [-0.4, -0.2) is 19.2 Å². The van der Waals surface area contributed by atoms with E-state index in [0.29, 0.717) is 16.8 Å². The van der Waals surface area contributed by atoms with E-state index >= 15 is 0 Å². The van der Waals surface area contributed by atoms with Crippen LogP contribution in [0.5, 0.6) is 5.75 Å². The monoisotopic (exact) mass is 327 g/mol. The Balaban J connectivity index is 2.71. The first kappa shape index (κ1) is 17.0. The van der Waals surface area contributed by atoms with Gasteiger partial charge < -0.3 is 4.74 Å². The normalized spacial score (nSPS) is 11.6. The number of pyridine rings is 1. The van der Waals surface area contributed by atoms with Gasteiger partial charge in [-0.2, -0.15) is 13.2 Å². The second kappa shape index (κ2) is 6.43. The summed E-state index contributed by atoms with van der Waals surface area (Å²) in [5.74, 6) is 0.244. The first-order valence-corrected chi connectivity index (χ1v) is 6.58. The average molecular weight is 327 g/mol. The van der Waals surface area contributed by atoms with Crippen LogP contribution in [0, 0.1) is 0 Å². The van der Waals surface area contributed by atoms with Crippen molar-refractivity contribution in [2.75, 3.05) is 19.2 Å². The standard InChI is InChI=1S/C15H16F3N3O2/c1-9(2)21(20-23-4)11-6-7-12(22-3)14-10(11)5-8-13(19-14)15(16,17)18/h5-8,20H,1H2,2-4H3. The predicted molar refractivity (Wildman–Crippen MR) is 80.7 cm³/mol. The van der Waals surface area contributed by atoms with Crippen molar-refractivity contribution in [1.82, 2.24) is 10.6 Å². The quantitative estimate of drug-likeness (QED) is 0.849. The van der Waals surface area contributed by atoms with E-state index in [4.69, 9.17) is 9.57 Å². The number of alkyl halides is 3. The number of halogens is 3. The minimum absolute atomic E-state index is 0.101. The second-order valence-corrected chi connectivity index (χ2v) is 4.74. The molecule has 0 saturated carbocycles. The molecule has 0 unspecified atom stereocenters. The lowest BCUT2D eigenvalue weighted by atomic mass is 10.1. The highest BCUT2D eigenvalue weighted by Gasteiger charge is 2.33. The molecule has 0 fully saturated rings. The molecular formula is C15H16F3N3O2. The molecule has 23 heavy (non-hydrogen) atoms. The smallest absolute Gasteiger partial charge is 0.433 e. The molecule has 0 radical (unpaired) electrons. The van der Waals surface area contributed by atoms with Crippen LogP contribution in [0.3, 0.4) is 0 Å². The van der Waals surface area contributed by atoms with Crippen LogP contribution < -0.4 is 15.3 Å². The molecule has 5 nitrogen and oxygen atoms in total. The lowest BCUT2D eigenvalue weighted by Crippen LogP contribution is -2.35. The van der Waals surface area contributed by atoms with E-state index in [2.05, 4.69) is 17.2 Å². The van der Waals surface area contributed by atoms with E-state index in [1.165, 1.54) is 31.4 Å². The lowest BCUT2D eigenvalue weighted by molar-refractivity contribution is -0.140. The molecule has 2 rings (SSSR count). The van der Waals surface area contributed by atoms with Crippen molar-refractivity contribution in [2.45, 2.75) is 13.1 Å². The number of hydrazine groups is 1. The highest BCUT2D eigenvalue weighted by atomic mass is 19.4. The minimum atomic E-state index is -4.53. The van der Waals surface area contributed by atoms with Crippen LogP contribution in [0.25, 0.3) is 10.9 Å². The molecule has 0 atom stereocenters. The number of allylic oxidation sites excluding steroid dienone is 1.